The van der Waals surface area contributed by atoms with E-state index in [2.05, 4.69) is 35.6 Å². The van der Waals surface area contributed by atoms with Gasteiger partial charge < -0.3 is 14.8 Å². The third-order valence-corrected chi connectivity index (χ3v) is 4.26. The van der Waals surface area contributed by atoms with Crippen LogP contribution in [0, 0.1) is 12.8 Å². The number of carbonyl (C=O) groups excluding carboxylic acids is 1. The summed E-state index contributed by atoms with van der Waals surface area (Å²) >= 11 is 0. The third-order valence-electron chi connectivity index (χ3n) is 4.26. The molecule has 1 aromatic heterocycles. The van der Waals surface area contributed by atoms with Crippen LogP contribution in [0.25, 0.3) is 0 Å². The highest BCUT2D eigenvalue weighted by atomic mass is 16.2. The lowest BCUT2D eigenvalue weighted by molar-refractivity contribution is 0.162. The molecule has 0 saturated carbocycles. The summed E-state index contributed by atoms with van der Waals surface area (Å²) in [4.78, 5) is 18.7. The van der Waals surface area contributed by atoms with Crippen LogP contribution in [0.1, 0.15) is 58.1 Å². The summed E-state index contributed by atoms with van der Waals surface area (Å²) in [7, 11) is 0. The molecule has 0 aromatic carbocycles. The summed E-state index contributed by atoms with van der Waals surface area (Å²) in [6.07, 6.45) is 5.17. The van der Waals surface area contributed by atoms with Crippen LogP contribution in [-0.4, -0.2) is 39.6 Å². The second-order valence-corrected chi connectivity index (χ2v) is 7.04. The van der Waals surface area contributed by atoms with Gasteiger partial charge >= 0.3 is 6.03 Å². The summed E-state index contributed by atoms with van der Waals surface area (Å²) < 4.78 is 2.31. The number of aryl methyl sites for hydroxylation is 1. The number of piperidine rings is 1. The number of hydrogen-bond acceptors (Lipinski definition) is 2. The average Bonchev–Trinajstić information content (AvgIpc) is 2.79. The molecule has 1 unspecified atom stereocenters. The molecule has 1 fully saturated rings. The van der Waals surface area contributed by atoms with Gasteiger partial charge in [-0.3, -0.25) is 0 Å². The molecular weight excluding hydrogens is 276 g/mol. The summed E-state index contributed by atoms with van der Waals surface area (Å²) in [5, 5.41) is 3.00. The van der Waals surface area contributed by atoms with E-state index >= 15 is 0 Å². The lowest BCUT2D eigenvalue weighted by Crippen LogP contribution is -2.47. The minimum atomic E-state index is 0.0723. The van der Waals surface area contributed by atoms with Crippen molar-refractivity contribution in [2.24, 2.45) is 5.92 Å². The first kappa shape index (κ1) is 16.8. The SMILES string of the molecule is Cc1cnc(CC2CCCN(C(=O)NC(C)C)C2)n1C(C)C. The van der Waals surface area contributed by atoms with Gasteiger partial charge in [0, 0.05) is 43.5 Å². The molecule has 5 heteroatoms. The molecule has 2 amide bonds. The molecular formula is C17H30N4O. The van der Waals surface area contributed by atoms with Crippen molar-refractivity contribution in [2.45, 2.75) is 66.0 Å². The monoisotopic (exact) mass is 306 g/mol. The van der Waals surface area contributed by atoms with Gasteiger partial charge in [-0.25, -0.2) is 9.78 Å². The van der Waals surface area contributed by atoms with Gasteiger partial charge in [-0.15, -0.1) is 0 Å². The number of urea groups is 1. The molecule has 2 rings (SSSR count). The van der Waals surface area contributed by atoms with Crippen LogP contribution in [0.3, 0.4) is 0 Å². The summed E-state index contributed by atoms with van der Waals surface area (Å²) in [6.45, 7) is 12.2. The molecule has 1 aromatic rings. The van der Waals surface area contributed by atoms with E-state index < -0.39 is 0 Å². The van der Waals surface area contributed by atoms with Crippen LogP contribution in [0.5, 0.6) is 0 Å². The number of likely N-dealkylation sites (tertiary alicyclic amines) is 1. The van der Waals surface area contributed by atoms with Crippen LogP contribution in [0.4, 0.5) is 4.79 Å². The molecule has 1 aliphatic rings. The minimum absolute atomic E-state index is 0.0723. The Balaban J connectivity index is 2.00. The van der Waals surface area contributed by atoms with E-state index in [0.29, 0.717) is 12.0 Å². The smallest absolute Gasteiger partial charge is 0.317 e. The molecule has 0 bridgehead atoms. The van der Waals surface area contributed by atoms with Gasteiger partial charge in [0.15, 0.2) is 0 Å². The molecule has 1 atom stereocenters. The van der Waals surface area contributed by atoms with E-state index in [-0.39, 0.29) is 12.1 Å². The molecule has 0 aliphatic carbocycles. The number of imidazole rings is 1. The van der Waals surface area contributed by atoms with E-state index in [9.17, 15) is 4.79 Å². The Morgan fingerprint density at radius 2 is 2.14 bits per heavy atom. The highest BCUT2D eigenvalue weighted by molar-refractivity contribution is 5.74. The van der Waals surface area contributed by atoms with E-state index in [1.165, 1.54) is 12.1 Å². The second-order valence-electron chi connectivity index (χ2n) is 7.04. The van der Waals surface area contributed by atoms with Crippen LogP contribution < -0.4 is 5.32 Å². The van der Waals surface area contributed by atoms with Crippen molar-refractivity contribution in [3.05, 3.63) is 17.7 Å². The fourth-order valence-electron chi connectivity index (χ4n) is 3.36. The van der Waals surface area contributed by atoms with Gasteiger partial charge in [-0.2, -0.15) is 0 Å². The summed E-state index contributed by atoms with van der Waals surface area (Å²) in [5.41, 5.74) is 1.22. The Hall–Kier alpha value is -1.52. The molecule has 124 valence electrons. The van der Waals surface area contributed by atoms with Gasteiger partial charge in [0.2, 0.25) is 0 Å². The first-order valence-electron chi connectivity index (χ1n) is 8.46. The number of nitrogens with one attached hydrogen (secondary N) is 1. The van der Waals surface area contributed by atoms with Crippen molar-refractivity contribution in [1.82, 2.24) is 19.8 Å². The van der Waals surface area contributed by atoms with Crippen molar-refractivity contribution in [2.75, 3.05) is 13.1 Å². The minimum Gasteiger partial charge on any atom is -0.336 e. The normalized spacial score (nSPS) is 19.0. The molecule has 1 aliphatic heterocycles. The van der Waals surface area contributed by atoms with Gasteiger partial charge in [0.05, 0.1) is 0 Å². The topological polar surface area (TPSA) is 50.2 Å². The maximum atomic E-state index is 12.2. The van der Waals surface area contributed by atoms with Crippen LogP contribution in [0.2, 0.25) is 0 Å². The van der Waals surface area contributed by atoms with Crippen molar-refractivity contribution in [1.29, 1.82) is 0 Å². The maximum Gasteiger partial charge on any atom is 0.317 e. The van der Waals surface area contributed by atoms with Gasteiger partial charge in [0.1, 0.15) is 5.82 Å². The highest BCUT2D eigenvalue weighted by Crippen LogP contribution is 2.23. The largest absolute Gasteiger partial charge is 0.336 e. The Labute approximate surface area is 134 Å². The fourth-order valence-corrected chi connectivity index (χ4v) is 3.36. The number of rotatable bonds is 4. The number of carbonyl (C=O) groups is 1. The van der Waals surface area contributed by atoms with Crippen LogP contribution in [0.15, 0.2) is 6.20 Å². The maximum absolute atomic E-state index is 12.2. The van der Waals surface area contributed by atoms with Crippen molar-refractivity contribution < 1.29 is 4.79 Å². The van der Waals surface area contributed by atoms with Crippen LogP contribution in [-0.2, 0) is 6.42 Å². The van der Waals surface area contributed by atoms with Gasteiger partial charge in [-0.1, -0.05) is 0 Å². The third kappa shape index (κ3) is 4.02. The van der Waals surface area contributed by atoms with Crippen molar-refractivity contribution >= 4 is 6.03 Å². The summed E-state index contributed by atoms with van der Waals surface area (Å²) in [6, 6.07) is 0.694. The van der Waals surface area contributed by atoms with Crippen LogP contribution >= 0.6 is 0 Å². The molecule has 2 heterocycles. The number of aromatic nitrogens is 2. The zero-order chi connectivity index (χ0) is 16.3. The quantitative estimate of drug-likeness (QED) is 0.929. The molecule has 1 N–H and O–H groups in total. The Morgan fingerprint density at radius 3 is 2.77 bits per heavy atom. The lowest BCUT2D eigenvalue weighted by atomic mass is 9.94. The van der Waals surface area contributed by atoms with Crippen molar-refractivity contribution in [3.63, 3.8) is 0 Å². The number of amides is 2. The first-order valence-corrected chi connectivity index (χ1v) is 8.46. The van der Waals surface area contributed by atoms with E-state index in [1.807, 2.05) is 24.9 Å². The molecule has 22 heavy (non-hydrogen) atoms. The average molecular weight is 306 g/mol. The molecule has 0 spiro atoms. The zero-order valence-corrected chi connectivity index (χ0v) is 14.6. The Morgan fingerprint density at radius 1 is 1.41 bits per heavy atom. The molecule has 5 nitrogen and oxygen atoms in total. The number of hydrogen-bond donors (Lipinski definition) is 1. The first-order chi connectivity index (χ1) is 10.4. The predicted octanol–water partition coefficient (Wildman–Crippen LogP) is 3.14. The molecule has 1 saturated heterocycles. The zero-order valence-electron chi connectivity index (χ0n) is 14.6. The second kappa shape index (κ2) is 7.16. The number of nitrogens with zero attached hydrogens (tertiary/aromatic N) is 3. The standard InChI is InChI=1S/C17H30N4O/c1-12(2)19-17(22)20-8-6-7-15(11-20)9-16-18-10-14(5)21(16)13(3)4/h10,12-13,15H,6-9,11H2,1-5H3,(H,19,22). The van der Waals surface area contributed by atoms with Crippen molar-refractivity contribution in [3.8, 4) is 0 Å². The van der Waals surface area contributed by atoms with Gasteiger partial charge in [0.25, 0.3) is 0 Å². The fraction of sp³-hybridized carbons (Fsp3) is 0.765. The van der Waals surface area contributed by atoms with E-state index in [1.54, 1.807) is 0 Å². The predicted molar refractivity (Wildman–Crippen MR) is 89.0 cm³/mol. The van der Waals surface area contributed by atoms with E-state index in [4.69, 9.17) is 0 Å². The Bertz CT molecular complexity index is 507. The Kier molecular flexibility index (Phi) is 5.48. The summed E-state index contributed by atoms with van der Waals surface area (Å²) in [5.74, 6) is 1.66. The van der Waals surface area contributed by atoms with E-state index in [0.717, 1.165) is 31.8 Å². The van der Waals surface area contributed by atoms with Gasteiger partial charge in [-0.05, 0) is 53.4 Å². The highest BCUT2D eigenvalue weighted by Gasteiger charge is 2.25. The molecule has 0 radical (unpaired) electrons. The lowest BCUT2D eigenvalue weighted by Gasteiger charge is -2.33.